The summed E-state index contributed by atoms with van der Waals surface area (Å²) in [4.78, 5) is 27.3. The van der Waals surface area contributed by atoms with E-state index in [0.717, 1.165) is 16.9 Å². The summed E-state index contributed by atoms with van der Waals surface area (Å²) in [5.74, 6) is -0.694. The van der Waals surface area contributed by atoms with E-state index in [4.69, 9.17) is 5.26 Å². The Bertz CT molecular complexity index is 660. The Hall–Kier alpha value is -2.52. The van der Waals surface area contributed by atoms with Gasteiger partial charge in [-0.3, -0.25) is 9.59 Å². The van der Waals surface area contributed by atoms with E-state index in [1.54, 1.807) is 6.07 Å². The molecule has 0 atom stereocenters. The molecule has 2 aromatic rings. The maximum absolute atomic E-state index is 11.9. The molecule has 2 rings (SSSR count). The molecule has 1 amide bonds. The van der Waals surface area contributed by atoms with E-state index in [9.17, 15) is 9.59 Å². The fourth-order valence-corrected chi connectivity index (χ4v) is 2.26. The number of carbonyl (C=O) groups excluding carboxylic acids is 2. The van der Waals surface area contributed by atoms with Gasteiger partial charge in [0.25, 0.3) is 5.91 Å². The molecule has 5 nitrogen and oxygen atoms in total. The number of Topliss-reactive ketones (excluding diaryl/α,β-unsaturated/α-hetero) is 1. The van der Waals surface area contributed by atoms with E-state index in [-0.39, 0.29) is 28.8 Å². The topological polar surface area (TPSA) is 82.8 Å². The molecule has 1 aromatic heterocycles. The Balaban J connectivity index is 0.00000116. The lowest BCUT2D eigenvalue weighted by Crippen LogP contribution is -2.23. The molecule has 0 aliphatic heterocycles. The summed E-state index contributed by atoms with van der Waals surface area (Å²) in [6.07, 6.45) is -0.224. The summed E-state index contributed by atoms with van der Waals surface area (Å²) in [7, 11) is 0. The van der Waals surface area contributed by atoms with Crippen LogP contribution in [0.3, 0.4) is 0 Å². The first-order chi connectivity index (χ1) is 10.7. The van der Waals surface area contributed by atoms with Crippen molar-refractivity contribution in [2.24, 2.45) is 0 Å². The van der Waals surface area contributed by atoms with Crippen LogP contribution in [-0.2, 0) is 6.54 Å². The molecule has 1 aromatic carbocycles. The summed E-state index contributed by atoms with van der Waals surface area (Å²) in [6.45, 7) is 4.40. The van der Waals surface area contributed by atoms with Gasteiger partial charge in [-0.25, -0.2) is 4.98 Å². The predicted octanol–water partition coefficient (Wildman–Crippen LogP) is 3.20. The first-order valence-electron chi connectivity index (χ1n) is 6.88. The SMILES string of the molecule is CC.N#CCC(=O)c1nc(C(=O)NCc2ccccc2)cs1. The Morgan fingerprint density at radius 2 is 1.95 bits per heavy atom. The van der Waals surface area contributed by atoms with Crippen molar-refractivity contribution in [2.45, 2.75) is 26.8 Å². The fourth-order valence-electron chi connectivity index (χ4n) is 1.52. The van der Waals surface area contributed by atoms with Gasteiger partial charge in [0, 0.05) is 11.9 Å². The smallest absolute Gasteiger partial charge is 0.271 e. The lowest BCUT2D eigenvalue weighted by atomic mass is 10.2. The lowest BCUT2D eigenvalue weighted by molar-refractivity contribution is 0.0946. The highest BCUT2D eigenvalue weighted by atomic mass is 32.1. The number of carbonyl (C=O) groups is 2. The van der Waals surface area contributed by atoms with Gasteiger partial charge in [0.05, 0.1) is 6.07 Å². The normalized spacial score (nSPS) is 9.14. The monoisotopic (exact) mass is 315 g/mol. The molecule has 0 spiro atoms. The largest absolute Gasteiger partial charge is 0.347 e. The van der Waals surface area contributed by atoms with Crippen LogP contribution in [0.4, 0.5) is 0 Å². The minimum absolute atomic E-state index is 0.191. The van der Waals surface area contributed by atoms with Gasteiger partial charge in [-0.15, -0.1) is 11.3 Å². The zero-order chi connectivity index (χ0) is 16.4. The molecular weight excluding hydrogens is 298 g/mol. The number of nitrogens with one attached hydrogen (secondary N) is 1. The Labute approximate surface area is 133 Å². The van der Waals surface area contributed by atoms with E-state index >= 15 is 0 Å². The minimum Gasteiger partial charge on any atom is -0.347 e. The summed E-state index contributed by atoms with van der Waals surface area (Å²) in [6, 6.07) is 11.3. The second kappa shape index (κ2) is 9.42. The molecule has 0 bridgehead atoms. The molecule has 6 heteroatoms. The molecule has 114 valence electrons. The van der Waals surface area contributed by atoms with E-state index in [0.29, 0.717) is 6.54 Å². The third-order valence-corrected chi connectivity index (χ3v) is 3.39. The van der Waals surface area contributed by atoms with Crippen LogP contribution >= 0.6 is 11.3 Å². The summed E-state index contributed by atoms with van der Waals surface area (Å²) >= 11 is 1.08. The number of thiazole rings is 1. The van der Waals surface area contributed by atoms with Crippen molar-refractivity contribution in [3.63, 3.8) is 0 Å². The van der Waals surface area contributed by atoms with E-state index in [2.05, 4.69) is 10.3 Å². The first kappa shape index (κ1) is 17.5. The molecule has 0 saturated carbocycles. The molecule has 0 fully saturated rings. The molecule has 1 heterocycles. The third kappa shape index (κ3) is 5.11. The zero-order valence-corrected chi connectivity index (χ0v) is 13.3. The van der Waals surface area contributed by atoms with Crippen molar-refractivity contribution in [3.05, 3.63) is 52.0 Å². The number of aromatic nitrogens is 1. The molecule has 0 unspecified atom stereocenters. The van der Waals surface area contributed by atoms with Crippen LogP contribution in [0.1, 0.15) is 46.1 Å². The predicted molar refractivity (Wildman–Crippen MR) is 85.6 cm³/mol. The third-order valence-electron chi connectivity index (χ3n) is 2.51. The molecule has 0 saturated heterocycles. The van der Waals surface area contributed by atoms with Gasteiger partial charge in [0.1, 0.15) is 12.1 Å². The summed E-state index contributed by atoms with van der Waals surface area (Å²) in [5.41, 5.74) is 1.18. The van der Waals surface area contributed by atoms with Crippen molar-refractivity contribution in [3.8, 4) is 6.07 Å². The molecule has 0 radical (unpaired) electrons. The van der Waals surface area contributed by atoms with Crippen molar-refractivity contribution >= 4 is 23.0 Å². The molecular formula is C16H17N3O2S. The van der Waals surface area contributed by atoms with Crippen LogP contribution < -0.4 is 5.32 Å². The van der Waals surface area contributed by atoms with Crippen LogP contribution in [0.15, 0.2) is 35.7 Å². The molecule has 1 N–H and O–H groups in total. The highest BCUT2D eigenvalue weighted by molar-refractivity contribution is 7.12. The van der Waals surface area contributed by atoms with E-state index in [1.807, 2.05) is 44.2 Å². The number of nitrogens with zero attached hydrogens (tertiary/aromatic N) is 2. The van der Waals surface area contributed by atoms with Gasteiger partial charge in [-0.05, 0) is 5.56 Å². The quantitative estimate of drug-likeness (QED) is 0.859. The Kier molecular flexibility index (Phi) is 7.51. The van der Waals surface area contributed by atoms with Gasteiger partial charge in [-0.1, -0.05) is 44.2 Å². The maximum Gasteiger partial charge on any atom is 0.271 e. The summed E-state index contributed by atoms with van der Waals surface area (Å²) in [5, 5.41) is 12.9. The zero-order valence-electron chi connectivity index (χ0n) is 12.5. The lowest BCUT2D eigenvalue weighted by Gasteiger charge is -2.02. The minimum atomic E-state index is -0.361. The van der Waals surface area contributed by atoms with E-state index < -0.39 is 0 Å². The van der Waals surface area contributed by atoms with Gasteiger partial charge in [0.2, 0.25) is 5.78 Å². The van der Waals surface area contributed by atoms with Gasteiger partial charge >= 0.3 is 0 Å². The number of rotatable bonds is 5. The van der Waals surface area contributed by atoms with Crippen molar-refractivity contribution in [1.82, 2.24) is 10.3 Å². The maximum atomic E-state index is 11.9. The Morgan fingerprint density at radius 1 is 1.27 bits per heavy atom. The second-order valence-corrected chi connectivity index (χ2v) is 4.82. The van der Waals surface area contributed by atoms with Gasteiger partial charge in [0.15, 0.2) is 5.01 Å². The fraction of sp³-hybridized carbons (Fsp3) is 0.250. The molecule has 22 heavy (non-hydrogen) atoms. The van der Waals surface area contributed by atoms with Crippen LogP contribution in [-0.4, -0.2) is 16.7 Å². The highest BCUT2D eigenvalue weighted by Gasteiger charge is 2.14. The Morgan fingerprint density at radius 3 is 2.59 bits per heavy atom. The first-order valence-corrected chi connectivity index (χ1v) is 7.76. The van der Waals surface area contributed by atoms with Crippen molar-refractivity contribution in [1.29, 1.82) is 5.26 Å². The average molecular weight is 315 g/mol. The summed E-state index contributed by atoms with van der Waals surface area (Å²) < 4.78 is 0. The van der Waals surface area contributed by atoms with Crippen LogP contribution in [0, 0.1) is 11.3 Å². The number of amides is 1. The van der Waals surface area contributed by atoms with Gasteiger partial charge in [-0.2, -0.15) is 5.26 Å². The number of hydrogen-bond acceptors (Lipinski definition) is 5. The van der Waals surface area contributed by atoms with Crippen LogP contribution in [0.5, 0.6) is 0 Å². The average Bonchev–Trinajstić information content (AvgIpc) is 3.06. The van der Waals surface area contributed by atoms with Crippen molar-refractivity contribution < 1.29 is 9.59 Å². The molecule has 0 aliphatic rings. The standard InChI is InChI=1S/C14H11N3O2S.C2H6/c15-7-6-12(18)14-17-11(9-20-14)13(19)16-8-10-4-2-1-3-5-10;1-2/h1-5,9H,6,8H2,(H,16,19);1-2H3. The number of benzene rings is 1. The highest BCUT2D eigenvalue weighted by Crippen LogP contribution is 2.12. The second-order valence-electron chi connectivity index (χ2n) is 3.96. The van der Waals surface area contributed by atoms with Crippen LogP contribution in [0.25, 0.3) is 0 Å². The molecule has 0 aliphatic carbocycles. The number of hydrogen-bond donors (Lipinski definition) is 1. The number of ketones is 1. The van der Waals surface area contributed by atoms with Crippen molar-refractivity contribution in [2.75, 3.05) is 0 Å². The van der Waals surface area contributed by atoms with Crippen LogP contribution in [0.2, 0.25) is 0 Å². The van der Waals surface area contributed by atoms with E-state index in [1.165, 1.54) is 5.38 Å². The van der Waals surface area contributed by atoms with Gasteiger partial charge < -0.3 is 5.32 Å². The number of nitriles is 1.